The fourth-order valence-corrected chi connectivity index (χ4v) is 1.65. The Morgan fingerprint density at radius 3 is 2.80 bits per heavy atom. The molecule has 0 aromatic heterocycles. The number of halogens is 1. The van der Waals surface area contributed by atoms with E-state index in [0.717, 1.165) is 0 Å². The Bertz CT molecular complexity index is 534. The highest BCUT2D eigenvalue weighted by molar-refractivity contribution is 5.94. The van der Waals surface area contributed by atoms with E-state index in [0.29, 0.717) is 6.61 Å². The summed E-state index contributed by atoms with van der Waals surface area (Å²) in [5.74, 6) is 4.41. The maximum absolute atomic E-state index is 13.8. The SMILES string of the molecule is COCC(C)N(C)C(=O)c1ccc(C#CCN)c(F)c1. The van der Waals surface area contributed by atoms with E-state index in [1.165, 1.54) is 17.0 Å². The summed E-state index contributed by atoms with van der Waals surface area (Å²) in [5, 5.41) is 0. The molecule has 0 aliphatic rings. The van der Waals surface area contributed by atoms with Crippen LogP contribution in [-0.2, 0) is 4.74 Å². The number of hydrogen-bond donors (Lipinski definition) is 1. The van der Waals surface area contributed by atoms with Gasteiger partial charge >= 0.3 is 0 Å². The number of carbonyl (C=O) groups is 1. The standard InChI is InChI=1S/C15H19FN2O2/c1-11(10-20-3)18(2)15(19)13-7-6-12(5-4-8-17)14(16)9-13/h6-7,9,11H,8,10,17H2,1-3H3. The number of methoxy groups -OCH3 is 1. The molecule has 108 valence electrons. The second-order valence-electron chi connectivity index (χ2n) is 4.42. The number of nitrogens with two attached hydrogens (primary N) is 1. The van der Waals surface area contributed by atoms with E-state index in [2.05, 4.69) is 11.8 Å². The van der Waals surface area contributed by atoms with Crippen molar-refractivity contribution >= 4 is 5.91 Å². The fourth-order valence-electron chi connectivity index (χ4n) is 1.65. The van der Waals surface area contributed by atoms with Crippen LogP contribution in [0.25, 0.3) is 0 Å². The van der Waals surface area contributed by atoms with Gasteiger partial charge in [-0.15, -0.1) is 0 Å². The van der Waals surface area contributed by atoms with Gasteiger partial charge in [0.1, 0.15) is 5.82 Å². The number of likely N-dealkylation sites (N-methyl/N-ethyl adjacent to an activating group) is 1. The van der Waals surface area contributed by atoms with Crippen LogP contribution < -0.4 is 5.73 Å². The molecule has 1 aromatic carbocycles. The Labute approximate surface area is 118 Å². The number of amides is 1. The molecule has 0 aliphatic carbocycles. The summed E-state index contributed by atoms with van der Waals surface area (Å²) in [6, 6.07) is 4.15. The van der Waals surface area contributed by atoms with E-state index in [1.807, 2.05) is 6.92 Å². The molecule has 1 rings (SSSR count). The number of hydrogen-bond acceptors (Lipinski definition) is 3. The zero-order valence-corrected chi connectivity index (χ0v) is 11.9. The van der Waals surface area contributed by atoms with Gasteiger partial charge < -0.3 is 15.4 Å². The quantitative estimate of drug-likeness (QED) is 0.843. The molecular weight excluding hydrogens is 259 g/mol. The highest BCUT2D eigenvalue weighted by Crippen LogP contribution is 2.12. The molecular formula is C15H19FN2O2. The number of carbonyl (C=O) groups excluding carboxylic acids is 1. The van der Waals surface area contributed by atoms with Crippen LogP contribution in [0, 0.1) is 17.7 Å². The largest absolute Gasteiger partial charge is 0.383 e. The smallest absolute Gasteiger partial charge is 0.254 e. The van der Waals surface area contributed by atoms with Crippen molar-refractivity contribution in [1.82, 2.24) is 4.90 Å². The van der Waals surface area contributed by atoms with Gasteiger partial charge in [-0.2, -0.15) is 0 Å². The monoisotopic (exact) mass is 278 g/mol. The van der Waals surface area contributed by atoms with Crippen molar-refractivity contribution in [2.75, 3.05) is 27.3 Å². The molecule has 1 unspecified atom stereocenters. The zero-order chi connectivity index (χ0) is 15.1. The molecule has 1 amide bonds. The average Bonchev–Trinajstić information content (AvgIpc) is 2.44. The highest BCUT2D eigenvalue weighted by atomic mass is 19.1. The van der Waals surface area contributed by atoms with Crippen molar-refractivity contribution in [2.24, 2.45) is 5.73 Å². The number of rotatable bonds is 4. The molecule has 1 aromatic rings. The summed E-state index contributed by atoms with van der Waals surface area (Å²) < 4.78 is 18.8. The minimum Gasteiger partial charge on any atom is -0.383 e. The third-order valence-corrected chi connectivity index (χ3v) is 2.93. The van der Waals surface area contributed by atoms with Crippen LogP contribution in [0.1, 0.15) is 22.8 Å². The third-order valence-electron chi connectivity index (χ3n) is 2.93. The molecule has 0 bridgehead atoms. The molecule has 0 saturated heterocycles. The minimum atomic E-state index is -0.524. The summed E-state index contributed by atoms with van der Waals surface area (Å²) in [6.07, 6.45) is 0. The molecule has 0 heterocycles. The van der Waals surface area contributed by atoms with Gasteiger partial charge in [-0.1, -0.05) is 11.8 Å². The second kappa shape index (κ2) is 7.63. The molecule has 0 saturated carbocycles. The van der Waals surface area contributed by atoms with Crippen LogP contribution in [0.5, 0.6) is 0 Å². The molecule has 5 heteroatoms. The van der Waals surface area contributed by atoms with E-state index < -0.39 is 5.82 Å². The second-order valence-corrected chi connectivity index (χ2v) is 4.42. The van der Waals surface area contributed by atoms with Crippen molar-refractivity contribution < 1.29 is 13.9 Å². The van der Waals surface area contributed by atoms with Crippen molar-refractivity contribution in [3.8, 4) is 11.8 Å². The van der Waals surface area contributed by atoms with Gasteiger partial charge in [-0.05, 0) is 25.1 Å². The van der Waals surface area contributed by atoms with Crippen LogP contribution in [0.4, 0.5) is 4.39 Å². The maximum Gasteiger partial charge on any atom is 0.254 e. The van der Waals surface area contributed by atoms with Crippen molar-refractivity contribution in [3.63, 3.8) is 0 Å². The summed E-state index contributed by atoms with van der Waals surface area (Å²) in [5.41, 5.74) is 5.76. The summed E-state index contributed by atoms with van der Waals surface area (Å²) >= 11 is 0. The lowest BCUT2D eigenvalue weighted by atomic mass is 10.1. The fraction of sp³-hybridized carbons (Fsp3) is 0.400. The molecule has 0 radical (unpaired) electrons. The first-order valence-electron chi connectivity index (χ1n) is 6.25. The first-order valence-corrected chi connectivity index (χ1v) is 6.25. The predicted molar refractivity (Wildman–Crippen MR) is 75.8 cm³/mol. The van der Waals surface area contributed by atoms with E-state index in [1.54, 1.807) is 20.2 Å². The van der Waals surface area contributed by atoms with Crippen LogP contribution in [-0.4, -0.2) is 44.2 Å². The average molecular weight is 278 g/mol. The van der Waals surface area contributed by atoms with E-state index in [9.17, 15) is 9.18 Å². The van der Waals surface area contributed by atoms with Gasteiger partial charge in [0.25, 0.3) is 5.91 Å². The lowest BCUT2D eigenvalue weighted by Gasteiger charge is -2.24. The first kappa shape index (κ1) is 16.2. The normalized spacial score (nSPS) is 11.4. The lowest BCUT2D eigenvalue weighted by Crippen LogP contribution is -2.37. The molecule has 0 fully saturated rings. The molecule has 2 N–H and O–H groups in total. The van der Waals surface area contributed by atoms with Gasteiger partial charge in [0.2, 0.25) is 0 Å². The molecule has 20 heavy (non-hydrogen) atoms. The Kier molecular flexibility index (Phi) is 6.16. The van der Waals surface area contributed by atoms with E-state index in [-0.39, 0.29) is 29.6 Å². The number of nitrogens with zero attached hydrogens (tertiary/aromatic N) is 1. The van der Waals surface area contributed by atoms with Gasteiger partial charge in [0.05, 0.1) is 24.8 Å². The first-order chi connectivity index (χ1) is 9.51. The van der Waals surface area contributed by atoms with Gasteiger partial charge in [0, 0.05) is 19.7 Å². The van der Waals surface area contributed by atoms with Gasteiger partial charge in [0.15, 0.2) is 0 Å². The molecule has 0 aliphatic heterocycles. The van der Waals surface area contributed by atoms with Crippen LogP contribution in [0.15, 0.2) is 18.2 Å². The zero-order valence-electron chi connectivity index (χ0n) is 11.9. The van der Waals surface area contributed by atoms with Gasteiger partial charge in [-0.25, -0.2) is 4.39 Å². The number of benzene rings is 1. The van der Waals surface area contributed by atoms with Gasteiger partial charge in [-0.3, -0.25) is 4.79 Å². The molecule has 1 atom stereocenters. The van der Waals surface area contributed by atoms with Crippen LogP contribution in [0.3, 0.4) is 0 Å². The minimum absolute atomic E-state index is 0.0905. The predicted octanol–water partition coefficient (Wildman–Crippen LogP) is 1.24. The topological polar surface area (TPSA) is 55.6 Å². The van der Waals surface area contributed by atoms with Crippen LogP contribution >= 0.6 is 0 Å². The Balaban J connectivity index is 2.92. The highest BCUT2D eigenvalue weighted by Gasteiger charge is 2.18. The van der Waals surface area contributed by atoms with Crippen LogP contribution in [0.2, 0.25) is 0 Å². The lowest BCUT2D eigenvalue weighted by molar-refractivity contribution is 0.0633. The Morgan fingerprint density at radius 1 is 1.55 bits per heavy atom. The summed E-state index contributed by atoms with van der Waals surface area (Å²) in [7, 11) is 3.23. The van der Waals surface area contributed by atoms with Crippen molar-refractivity contribution in [3.05, 3.63) is 35.1 Å². The maximum atomic E-state index is 13.8. The van der Waals surface area contributed by atoms with Crippen molar-refractivity contribution in [1.29, 1.82) is 0 Å². The Hall–Kier alpha value is -1.90. The van der Waals surface area contributed by atoms with E-state index >= 15 is 0 Å². The Morgan fingerprint density at radius 2 is 2.25 bits per heavy atom. The third kappa shape index (κ3) is 4.05. The summed E-state index contributed by atoms with van der Waals surface area (Å²) in [6.45, 7) is 2.45. The molecule has 0 spiro atoms. The molecule has 4 nitrogen and oxygen atoms in total. The number of ether oxygens (including phenoxy) is 1. The van der Waals surface area contributed by atoms with E-state index in [4.69, 9.17) is 10.5 Å². The van der Waals surface area contributed by atoms with Crippen molar-refractivity contribution in [2.45, 2.75) is 13.0 Å². The summed E-state index contributed by atoms with van der Waals surface area (Å²) in [4.78, 5) is 13.7.